The summed E-state index contributed by atoms with van der Waals surface area (Å²) in [6, 6.07) is 5.60. The van der Waals surface area contributed by atoms with E-state index in [0.717, 1.165) is 18.4 Å². The summed E-state index contributed by atoms with van der Waals surface area (Å²) >= 11 is 6.00. The van der Waals surface area contributed by atoms with Crippen LogP contribution in [0.5, 0.6) is 5.75 Å². The van der Waals surface area contributed by atoms with Crippen molar-refractivity contribution in [1.82, 2.24) is 0 Å². The van der Waals surface area contributed by atoms with Crippen LogP contribution in [0.15, 0.2) is 18.2 Å². The normalized spacial score (nSPS) is 10.3. The molecule has 0 atom stereocenters. The van der Waals surface area contributed by atoms with Crippen molar-refractivity contribution in [3.63, 3.8) is 0 Å². The number of aliphatic hydroxyl groups is 1. The van der Waals surface area contributed by atoms with Crippen molar-refractivity contribution in [3.05, 3.63) is 28.8 Å². The van der Waals surface area contributed by atoms with Crippen molar-refractivity contribution in [3.8, 4) is 5.75 Å². The topological polar surface area (TPSA) is 38.7 Å². The number of halogens is 1. The molecular weight excluding hydrogens is 216 g/mol. The fraction of sp³-hybridized carbons (Fsp3) is 0.455. The lowest BCUT2D eigenvalue weighted by atomic mass is 10.1. The lowest BCUT2D eigenvalue weighted by Crippen LogP contribution is -1.99. The number of hydrogen-bond acceptors (Lipinski definition) is 3. The zero-order chi connectivity index (χ0) is 11.1. The molecule has 0 amide bonds. The maximum absolute atomic E-state index is 8.69. The number of ether oxygens (including phenoxy) is 2. The van der Waals surface area contributed by atoms with Crippen molar-refractivity contribution >= 4 is 11.6 Å². The van der Waals surface area contributed by atoms with Crippen molar-refractivity contribution in [2.45, 2.75) is 12.8 Å². The molecule has 0 bridgehead atoms. The maximum atomic E-state index is 8.69. The summed E-state index contributed by atoms with van der Waals surface area (Å²) in [5.41, 5.74) is 1.10. The summed E-state index contributed by atoms with van der Waals surface area (Å²) in [5.74, 6) is 0.617. The van der Waals surface area contributed by atoms with Gasteiger partial charge in [-0.15, -0.1) is 0 Å². The maximum Gasteiger partial charge on any atom is 0.188 e. The summed E-state index contributed by atoms with van der Waals surface area (Å²) in [6.45, 7) is 0.384. The average molecular weight is 231 g/mol. The van der Waals surface area contributed by atoms with Crippen LogP contribution in [0.2, 0.25) is 5.02 Å². The number of methoxy groups -OCH3 is 1. The SMILES string of the molecule is COCOc1ccc(CCCO)cc1Cl. The number of benzene rings is 1. The van der Waals surface area contributed by atoms with Gasteiger partial charge in [0.15, 0.2) is 6.79 Å². The van der Waals surface area contributed by atoms with Gasteiger partial charge in [-0.25, -0.2) is 0 Å². The molecule has 1 aromatic carbocycles. The molecule has 1 N–H and O–H groups in total. The molecule has 0 fully saturated rings. The Morgan fingerprint density at radius 1 is 1.40 bits per heavy atom. The summed E-state index contributed by atoms with van der Waals surface area (Å²) in [4.78, 5) is 0. The quantitative estimate of drug-likeness (QED) is 0.762. The molecule has 0 spiro atoms. The van der Waals surface area contributed by atoms with Crippen LogP contribution in [0.3, 0.4) is 0 Å². The molecule has 84 valence electrons. The van der Waals surface area contributed by atoms with E-state index < -0.39 is 0 Å². The highest BCUT2D eigenvalue weighted by Crippen LogP contribution is 2.25. The summed E-state index contributed by atoms with van der Waals surface area (Å²) in [5, 5.41) is 9.27. The molecule has 0 heterocycles. The molecule has 4 heteroatoms. The van der Waals surface area contributed by atoms with Crippen LogP contribution < -0.4 is 4.74 Å². The largest absolute Gasteiger partial charge is 0.466 e. The molecule has 0 saturated heterocycles. The van der Waals surface area contributed by atoms with Gasteiger partial charge in [0, 0.05) is 13.7 Å². The van der Waals surface area contributed by atoms with E-state index in [1.165, 1.54) is 0 Å². The average Bonchev–Trinajstić information content (AvgIpc) is 2.25. The first kappa shape index (κ1) is 12.3. The highest BCUT2D eigenvalue weighted by molar-refractivity contribution is 6.32. The second-order valence-corrected chi connectivity index (χ2v) is 3.55. The molecule has 1 rings (SSSR count). The predicted molar refractivity (Wildman–Crippen MR) is 59.4 cm³/mol. The molecule has 3 nitrogen and oxygen atoms in total. The minimum absolute atomic E-state index is 0.190. The number of hydrogen-bond donors (Lipinski definition) is 1. The van der Waals surface area contributed by atoms with Crippen LogP contribution in [0.1, 0.15) is 12.0 Å². The highest BCUT2D eigenvalue weighted by Gasteiger charge is 2.02. The van der Waals surface area contributed by atoms with Gasteiger partial charge in [0.2, 0.25) is 0 Å². The second kappa shape index (κ2) is 6.67. The predicted octanol–water partition coefficient (Wildman–Crippen LogP) is 2.25. The molecule has 15 heavy (non-hydrogen) atoms. The van der Waals surface area contributed by atoms with E-state index in [-0.39, 0.29) is 13.4 Å². The zero-order valence-corrected chi connectivity index (χ0v) is 9.46. The van der Waals surface area contributed by atoms with Crippen molar-refractivity contribution in [2.24, 2.45) is 0 Å². The van der Waals surface area contributed by atoms with Gasteiger partial charge < -0.3 is 14.6 Å². The number of aryl methyl sites for hydroxylation is 1. The van der Waals surface area contributed by atoms with Gasteiger partial charge in [0.05, 0.1) is 5.02 Å². The Morgan fingerprint density at radius 2 is 2.20 bits per heavy atom. The smallest absolute Gasteiger partial charge is 0.188 e. The van der Waals surface area contributed by atoms with Crippen molar-refractivity contribution < 1.29 is 14.6 Å². The van der Waals surface area contributed by atoms with E-state index in [9.17, 15) is 0 Å². The van der Waals surface area contributed by atoms with Crippen LogP contribution >= 0.6 is 11.6 Å². The molecule has 0 unspecified atom stereocenters. The second-order valence-electron chi connectivity index (χ2n) is 3.14. The van der Waals surface area contributed by atoms with Gasteiger partial charge in [0.1, 0.15) is 5.75 Å². The van der Waals surface area contributed by atoms with E-state index in [2.05, 4.69) is 0 Å². The third kappa shape index (κ3) is 4.08. The molecule has 1 aromatic rings. The number of rotatable bonds is 6. The third-order valence-electron chi connectivity index (χ3n) is 1.95. The standard InChI is InChI=1S/C11H15ClO3/c1-14-8-15-11-5-4-9(3-2-6-13)7-10(11)12/h4-5,7,13H,2-3,6,8H2,1H3. The Kier molecular flexibility index (Phi) is 5.47. The molecule has 0 aromatic heterocycles. The third-order valence-corrected chi connectivity index (χ3v) is 2.25. The van der Waals surface area contributed by atoms with E-state index in [1.807, 2.05) is 18.2 Å². The van der Waals surface area contributed by atoms with Gasteiger partial charge in [-0.1, -0.05) is 17.7 Å². The first-order chi connectivity index (χ1) is 7.27. The minimum Gasteiger partial charge on any atom is -0.466 e. The Labute approximate surface area is 94.6 Å². The van der Waals surface area contributed by atoms with E-state index in [0.29, 0.717) is 10.8 Å². The minimum atomic E-state index is 0.190. The van der Waals surface area contributed by atoms with Crippen LogP contribution in [0, 0.1) is 0 Å². The van der Waals surface area contributed by atoms with E-state index in [1.54, 1.807) is 7.11 Å². The molecule has 0 radical (unpaired) electrons. The molecule has 0 aliphatic carbocycles. The Bertz CT molecular complexity index is 302. The molecule has 0 saturated carbocycles. The van der Waals surface area contributed by atoms with E-state index in [4.69, 9.17) is 26.2 Å². The van der Waals surface area contributed by atoms with Gasteiger partial charge >= 0.3 is 0 Å². The number of aliphatic hydroxyl groups excluding tert-OH is 1. The van der Waals surface area contributed by atoms with Crippen molar-refractivity contribution in [2.75, 3.05) is 20.5 Å². The molecule has 0 aliphatic heterocycles. The molecular formula is C11H15ClO3. The van der Waals surface area contributed by atoms with Gasteiger partial charge in [-0.2, -0.15) is 0 Å². The fourth-order valence-electron chi connectivity index (χ4n) is 1.22. The van der Waals surface area contributed by atoms with Gasteiger partial charge in [-0.3, -0.25) is 0 Å². The Morgan fingerprint density at radius 3 is 2.80 bits per heavy atom. The monoisotopic (exact) mass is 230 g/mol. The summed E-state index contributed by atoms with van der Waals surface area (Å²) in [7, 11) is 1.56. The Balaban J connectivity index is 2.61. The van der Waals surface area contributed by atoms with Crippen molar-refractivity contribution in [1.29, 1.82) is 0 Å². The van der Waals surface area contributed by atoms with Crippen LogP contribution in [-0.4, -0.2) is 25.6 Å². The highest BCUT2D eigenvalue weighted by atomic mass is 35.5. The van der Waals surface area contributed by atoms with Gasteiger partial charge in [0.25, 0.3) is 0 Å². The van der Waals surface area contributed by atoms with E-state index >= 15 is 0 Å². The van der Waals surface area contributed by atoms with Gasteiger partial charge in [-0.05, 0) is 30.5 Å². The zero-order valence-electron chi connectivity index (χ0n) is 8.70. The Hall–Kier alpha value is -0.770. The summed E-state index contributed by atoms with van der Waals surface area (Å²) in [6.07, 6.45) is 1.56. The summed E-state index contributed by atoms with van der Waals surface area (Å²) < 4.78 is 10.0. The van der Waals surface area contributed by atoms with Crippen LogP contribution in [0.25, 0.3) is 0 Å². The van der Waals surface area contributed by atoms with Crippen LogP contribution in [0.4, 0.5) is 0 Å². The molecule has 0 aliphatic rings. The first-order valence-electron chi connectivity index (χ1n) is 4.79. The lowest BCUT2D eigenvalue weighted by molar-refractivity contribution is 0.0512. The first-order valence-corrected chi connectivity index (χ1v) is 5.16. The lowest BCUT2D eigenvalue weighted by Gasteiger charge is -2.08. The fourth-order valence-corrected chi connectivity index (χ4v) is 1.48. The van der Waals surface area contributed by atoms with Crippen LogP contribution in [-0.2, 0) is 11.2 Å².